The van der Waals surface area contributed by atoms with Gasteiger partial charge in [-0.05, 0) is 55.3 Å². The second-order valence-corrected chi connectivity index (χ2v) is 8.35. The first-order valence-electron chi connectivity index (χ1n) is 9.01. The van der Waals surface area contributed by atoms with Crippen LogP contribution < -0.4 is 9.47 Å². The number of sulfonamides is 1. The summed E-state index contributed by atoms with van der Waals surface area (Å²) in [7, 11) is -0.391. The van der Waals surface area contributed by atoms with E-state index in [1.807, 2.05) is 12.1 Å². The first kappa shape index (κ1) is 20.1. The average molecular weight is 401 g/mol. The fourth-order valence-electron chi connectivity index (χ4n) is 3.17. The van der Waals surface area contributed by atoms with Crippen molar-refractivity contribution in [3.63, 3.8) is 0 Å². The summed E-state index contributed by atoms with van der Waals surface area (Å²) in [5, 5.41) is 0. The molecule has 1 saturated heterocycles. The Balaban J connectivity index is 1.78. The van der Waals surface area contributed by atoms with Crippen LogP contribution in [0.4, 0.5) is 0 Å². The molecule has 28 heavy (non-hydrogen) atoms. The van der Waals surface area contributed by atoms with Gasteiger partial charge in [-0.2, -0.15) is 4.31 Å². The summed E-state index contributed by atoms with van der Waals surface area (Å²) in [5.74, 6) is 0.893. The molecule has 0 atom stereocenters. The fraction of sp³-hybridized carbons (Fsp3) is 0.286. The van der Waals surface area contributed by atoms with Crippen molar-refractivity contribution in [1.29, 1.82) is 0 Å². The molecule has 148 valence electrons. The summed E-state index contributed by atoms with van der Waals surface area (Å²) < 4.78 is 37.2. The zero-order chi connectivity index (χ0) is 20.1. The van der Waals surface area contributed by atoms with Crippen molar-refractivity contribution in [2.75, 3.05) is 27.3 Å². The van der Waals surface area contributed by atoms with Gasteiger partial charge in [0.1, 0.15) is 0 Å². The third-order valence-corrected chi connectivity index (χ3v) is 6.60. The molecular formula is C21H23NO5S. The number of nitrogens with zero attached hydrogens (tertiary/aromatic N) is 1. The van der Waals surface area contributed by atoms with Gasteiger partial charge < -0.3 is 9.47 Å². The van der Waals surface area contributed by atoms with Crippen LogP contribution >= 0.6 is 0 Å². The molecule has 0 saturated carbocycles. The Labute approximate surface area is 165 Å². The van der Waals surface area contributed by atoms with Crippen LogP contribution in [-0.2, 0) is 10.0 Å². The molecule has 0 aromatic heterocycles. The molecular weight excluding hydrogens is 378 g/mol. The largest absolute Gasteiger partial charge is 0.493 e. The summed E-state index contributed by atoms with van der Waals surface area (Å²) in [6.07, 6.45) is 4.85. The van der Waals surface area contributed by atoms with E-state index in [0.29, 0.717) is 35.7 Å². The van der Waals surface area contributed by atoms with Gasteiger partial charge in [0.15, 0.2) is 17.3 Å². The number of allylic oxidation sites excluding steroid dienone is 1. The normalized spacial score (nSPS) is 15.1. The number of para-hydroxylation sites is 1. The minimum absolute atomic E-state index is 0.212. The van der Waals surface area contributed by atoms with Gasteiger partial charge in [0, 0.05) is 24.2 Å². The van der Waals surface area contributed by atoms with E-state index < -0.39 is 10.0 Å². The topological polar surface area (TPSA) is 72.9 Å². The van der Waals surface area contributed by atoms with Gasteiger partial charge in [0.2, 0.25) is 10.0 Å². The highest BCUT2D eigenvalue weighted by molar-refractivity contribution is 7.89. The smallest absolute Gasteiger partial charge is 0.243 e. The number of rotatable bonds is 7. The van der Waals surface area contributed by atoms with E-state index >= 15 is 0 Å². The van der Waals surface area contributed by atoms with Crippen molar-refractivity contribution in [3.05, 3.63) is 59.7 Å². The highest BCUT2D eigenvalue weighted by atomic mass is 32.2. The van der Waals surface area contributed by atoms with Gasteiger partial charge in [0.25, 0.3) is 0 Å². The van der Waals surface area contributed by atoms with Crippen molar-refractivity contribution in [3.8, 4) is 11.5 Å². The number of ketones is 1. The number of hydrogen-bond donors (Lipinski definition) is 0. The van der Waals surface area contributed by atoms with Gasteiger partial charge in [-0.15, -0.1) is 0 Å². The number of ether oxygens (including phenoxy) is 2. The Kier molecular flexibility index (Phi) is 6.16. The molecule has 1 aliphatic heterocycles. The second kappa shape index (κ2) is 8.58. The second-order valence-electron chi connectivity index (χ2n) is 6.42. The van der Waals surface area contributed by atoms with Crippen LogP contribution in [0.5, 0.6) is 11.5 Å². The highest BCUT2D eigenvalue weighted by Gasteiger charge is 2.27. The van der Waals surface area contributed by atoms with Crippen LogP contribution in [0.15, 0.2) is 53.4 Å². The van der Waals surface area contributed by atoms with E-state index in [9.17, 15) is 13.2 Å². The minimum Gasteiger partial charge on any atom is -0.493 e. The molecule has 1 heterocycles. The monoisotopic (exact) mass is 401 g/mol. The Bertz CT molecular complexity index is 974. The lowest BCUT2D eigenvalue weighted by Crippen LogP contribution is -2.27. The number of benzene rings is 2. The highest BCUT2D eigenvalue weighted by Crippen LogP contribution is 2.31. The molecule has 0 spiro atoms. The quantitative estimate of drug-likeness (QED) is 0.525. The van der Waals surface area contributed by atoms with Gasteiger partial charge in [-0.3, -0.25) is 4.79 Å². The van der Waals surface area contributed by atoms with Crippen molar-refractivity contribution in [2.24, 2.45) is 0 Å². The maximum atomic E-state index is 12.6. The Hall–Kier alpha value is -2.64. The molecule has 0 unspecified atom stereocenters. The number of carbonyl (C=O) groups is 1. The lowest BCUT2D eigenvalue weighted by Gasteiger charge is -2.15. The maximum Gasteiger partial charge on any atom is 0.243 e. The predicted octanol–water partition coefficient (Wildman–Crippen LogP) is 3.38. The third kappa shape index (κ3) is 4.10. The number of methoxy groups -OCH3 is 2. The first-order valence-corrected chi connectivity index (χ1v) is 10.4. The van der Waals surface area contributed by atoms with Gasteiger partial charge in [0.05, 0.1) is 19.1 Å². The molecule has 2 aromatic rings. The summed E-state index contributed by atoms with van der Waals surface area (Å²) in [4.78, 5) is 12.7. The van der Waals surface area contributed by atoms with E-state index in [0.717, 1.165) is 12.8 Å². The molecule has 0 bridgehead atoms. The summed E-state index contributed by atoms with van der Waals surface area (Å²) in [6, 6.07) is 11.5. The molecule has 1 fully saturated rings. The predicted molar refractivity (Wildman–Crippen MR) is 107 cm³/mol. The Morgan fingerprint density at radius 2 is 1.68 bits per heavy atom. The molecule has 2 aromatic carbocycles. The first-order chi connectivity index (χ1) is 13.5. The van der Waals surface area contributed by atoms with Gasteiger partial charge in [-0.25, -0.2) is 8.42 Å². The SMILES string of the molecule is COc1cccc(/C=C/C(=O)c2ccc(S(=O)(=O)N3CCCC3)cc2)c1OC. The lowest BCUT2D eigenvalue weighted by atomic mass is 10.1. The van der Waals surface area contributed by atoms with E-state index in [1.165, 1.54) is 29.6 Å². The fourth-order valence-corrected chi connectivity index (χ4v) is 4.69. The van der Waals surface area contributed by atoms with Gasteiger partial charge >= 0.3 is 0 Å². The Morgan fingerprint density at radius 1 is 1.00 bits per heavy atom. The molecule has 0 N–H and O–H groups in total. The molecule has 0 radical (unpaired) electrons. The molecule has 7 heteroatoms. The van der Waals surface area contributed by atoms with E-state index in [4.69, 9.17) is 9.47 Å². The van der Waals surface area contributed by atoms with Crippen LogP contribution in [0.2, 0.25) is 0 Å². The van der Waals surface area contributed by atoms with Crippen LogP contribution in [0.25, 0.3) is 6.08 Å². The molecule has 1 aliphatic rings. The van der Waals surface area contributed by atoms with Crippen LogP contribution in [0.3, 0.4) is 0 Å². The van der Waals surface area contributed by atoms with Crippen molar-refractivity contribution in [2.45, 2.75) is 17.7 Å². The van der Waals surface area contributed by atoms with Gasteiger partial charge in [-0.1, -0.05) is 12.1 Å². The standard InChI is InChI=1S/C21H23NO5S/c1-26-20-7-5-6-17(21(20)27-2)10-13-19(23)16-8-11-18(12-9-16)28(24,25)22-14-3-4-15-22/h5-13H,3-4,14-15H2,1-2H3/b13-10+. The van der Waals surface area contributed by atoms with Crippen LogP contribution in [0, 0.1) is 0 Å². The van der Waals surface area contributed by atoms with E-state index in [2.05, 4.69) is 0 Å². The molecule has 0 amide bonds. The van der Waals surface area contributed by atoms with Crippen LogP contribution in [0.1, 0.15) is 28.8 Å². The third-order valence-electron chi connectivity index (χ3n) is 4.69. The zero-order valence-corrected chi connectivity index (χ0v) is 16.7. The molecule has 0 aliphatic carbocycles. The van der Waals surface area contributed by atoms with E-state index in [-0.39, 0.29) is 10.7 Å². The van der Waals surface area contributed by atoms with Crippen molar-refractivity contribution in [1.82, 2.24) is 4.31 Å². The summed E-state index contributed by atoms with van der Waals surface area (Å²) >= 11 is 0. The number of hydrogen-bond acceptors (Lipinski definition) is 5. The minimum atomic E-state index is -3.48. The lowest BCUT2D eigenvalue weighted by molar-refractivity contribution is 0.104. The maximum absolute atomic E-state index is 12.6. The summed E-state index contributed by atoms with van der Waals surface area (Å²) in [6.45, 7) is 1.10. The molecule has 3 rings (SSSR count). The van der Waals surface area contributed by atoms with Crippen molar-refractivity contribution >= 4 is 21.9 Å². The molecule has 6 nitrogen and oxygen atoms in total. The Morgan fingerprint density at radius 3 is 2.29 bits per heavy atom. The number of carbonyl (C=O) groups excluding carboxylic acids is 1. The van der Waals surface area contributed by atoms with Crippen LogP contribution in [-0.4, -0.2) is 45.8 Å². The summed E-state index contributed by atoms with van der Waals surface area (Å²) in [5.41, 5.74) is 1.13. The average Bonchev–Trinajstić information content (AvgIpc) is 3.27. The van der Waals surface area contributed by atoms with Crippen molar-refractivity contribution < 1.29 is 22.7 Å². The zero-order valence-electron chi connectivity index (χ0n) is 15.9. The van der Waals surface area contributed by atoms with E-state index in [1.54, 1.807) is 31.4 Å².